The second-order valence-electron chi connectivity index (χ2n) is 3.83. The van der Waals surface area contributed by atoms with E-state index in [1.807, 2.05) is 0 Å². The number of nitrogens with one attached hydrogen (secondary N) is 1. The average molecular weight is 287 g/mol. The van der Waals surface area contributed by atoms with Crippen molar-refractivity contribution in [3.8, 4) is 0 Å². The van der Waals surface area contributed by atoms with Crippen LogP contribution in [0.2, 0.25) is 0 Å². The summed E-state index contributed by atoms with van der Waals surface area (Å²) in [7, 11) is 0. The standard InChI is InChI=1S/C9H16F3N3O2S/c1-5(2)6(7(13)15-17)8(16)14-3-4-18-9(10,11)12/h5-6,17H,3-4H2,1-2H3,(H2,13,15)(H,14,16). The summed E-state index contributed by atoms with van der Waals surface area (Å²) in [5, 5.41) is 13.6. The number of hydrogen-bond acceptors (Lipinski definition) is 4. The van der Waals surface area contributed by atoms with Crippen molar-refractivity contribution in [2.75, 3.05) is 12.3 Å². The molecule has 5 nitrogen and oxygen atoms in total. The number of carbonyl (C=O) groups is 1. The SMILES string of the molecule is CC(C)C(C(=O)NCCSC(F)(F)F)C(N)=NO. The number of alkyl halides is 3. The van der Waals surface area contributed by atoms with Gasteiger partial charge in [-0.1, -0.05) is 19.0 Å². The van der Waals surface area contributed by atoms with E-state index in [-0.39, 0.29) is 35.8 Å². The number of nitrogens with zero attached hydrogens (tertiary/aromatic N) is 1. The quantitative estimate of drug-likeness (QED) is 0.226. The number of hydrogen-bond donors (Lipinski definition) is 3. The van der Waals surface area contributed by atoms with Crippen molar-refractivity contribution in [2.24, 2.45) is 22.7 Å². The molecule has 0 rings (SSSR count). The second kappa shape index (κ2) is 7.34. The minimum atomic E-state index is -4.31. The van der Waals surface area contributed by atoms with Gasteiger partial charge in [-0.3, -0.25) is 4.79 Å². The Bertz CT molecular complexity index is 308. The van der Waals surface area contributed by atoms with Gasteiger partial charge in [-0.05, 0) is 17.7 Å². The molecule has 0 aromatic rings. The van der Waals surface area contributed by atoms with Crippen molar-refractivity contribution in [1.29, 1.82) is 0 Å². The minimum Gasteiger partial charge on any atom is -0.409 e. The van der Waals surface area contributed by atoms with E-state index in [2.05, 4.69) is 10.5 Å². The van der Waals surface area contributed by atoms with Gasteiger partial charge >= 0.3 is 5.51 Å². The summed E-state index contributed by atoms with van der Waals surface area (Å²) in [6.07, 6.45) is 0. The lowest BCUT2D eigenvalue weighted by atomic mass is 9.94. The van der Waals surface area contributed by atoms with Gasteiger partial charge in [-0.2, -0.15) is 13.2 Å². The van der Waals surface area contributed by atoms with Gasteiger partial charge in [0.15, 0.2) is 5.84 Å². The van der Waals surface area contributed by atoms with Crippen LogP contribution in [0.25, 0.3) is 0 Å². The lowest BCUT2D eigenvalue weighted by Crippen LogP contribution is -2.42. The number of amidine groups is 1. The Balaban J connectivity index is 4.21. The van der Waals surface area contributed by atoms with Crippen LogP contribution in [0.5, 0.6) is 0 Å². The van der Waals surface area contributed by atoms with Gasteiger partial charge in [0, 0.05) is 12.3 Å². The Morgan fingerprint density at radius 1 is 1.50 bits per heavy atom. The van der Waals surface area contributed by atoms with Gasteiger partial charge in [-0.25, -0.2) is 0 Å². The Morgan fingerprint density at radius 2 is 2.06 bits per heavy atom. The summed E-state index contributed by atoms with van der Waals surface area (Å²) >= 11 is -0.216. The second-order valence-corrected chi connectivity index (χ2v) is 4.99. The molecule has 1 atom stereocenters. The van der Waals surface area contributed by atoms with Crippen LogP contribution >= 0.6 is 11.8 Å². The minimum absolute atomic E-state index is 0.134. The summed E-state index contributed by atoms with van der Waals surface area (Å²) in [6.45, 7) is 3.24. The molecule has 9 heteroatoms. The largest absolute Gasteiger partial charge is 0.441 e. The van der Waals surface area contributed by atoms with E-state index in [1.165, 1.54) is 0 Å². The fourth-order valence-corrected chi connectivity index (χ4v) is 1.73. The molecule has 0 aromatic carbocycles. The van der Waals surface area contributed by atoms with E-state index in [9.17, 15) is 18.0 Å². The Labute approximate surface area is 107 Å². The number of nitrogens with two attached hydrogens (primary N) is 1. The molecule has 0 aromatic heterocycles. The molecule has 0 radical (unpaired) electrons. The maximum Gasteiger partial charge on any atom is 0.441 e. The van der Waals surface area contributed by atoms with Crippen LogP contribution < -0.4 is 11.1 Å². The van der Waals surface area contributed by atoms with Crippen LogP contribution in [0.1, 0.15) is 13.8 Å². The molecule has 0 bridgehead atoms. The topological polar surface area (TPSA) is 87.7 Å². The number of rotatable bonds is 6. The lowest BCUT2D eigenvalue weighted by molar-refractivity contribution is -0.124. The maximum atomic E-state index is 11.8. The summed E-state index contributed by atoms with van der Waals surface area (Å²) in [6, 6.07) is 0. The highest BCUT2D eigenvalue weighted by molar-refractivity contribution is 8.00. The van der Waals surface area contributed by atoms with Gasteiger partial charge in [0.25, 0.3) is 0 Å². The van der Waals surface area contributed by atoms with E-state index in [4.69, 9.17) is 10.9 Å². The van der Waals surface area contributed by atoms with Crippen LogP contribution in [0.3, 0.4) is 0 Å². The van der Waals surface area contributed by atoms with E-state index in [0.717, 1.165) is 0 Å². The number of carbonyl (C=O) groups excluding carboxylic acids is 1. The van der Waals surface area contributed by atoms with Crippen molar-refractivity contribution in [1.82, 2.24) is 5.32 Å². The average Bonchev–Trinajstić information content (AvgIpc) is 2.22. The van der Waals surface area contributed by atoms with Crippen molar-refractivity contribution >= 4 is 23.5 Å². The van der Waals surface area contributed by atoms with Gasteiger partial charge in [0.05, 0.1) is 0 Å². The van der Waals surface area contributed by atoms with Gasteiger partial charge in [0.1, 0.15) is 5.92 Å². The molecule has 0 saturated carbocycles. The molecule has 0 fully saturated rings. The normalized spacial score (nSPS) is 14.7. The van der Waals surface area contributed by atoms with E-state index >= 15 is 0 Å². The fraction of sp³-hybridized carbons (Fsp3) is 0.778. The molecular weight excluding hydrogens is 271 g/mol. The van der Waals surface area contributed by atoms with E-state index < -0.39 is 17.3 Å². The molecule has 106 valence electrons. The summed E-state index contributed by atoms with van der Waals surface area (Å²) in [4.78, 5) is 11.6. The number of oxime groups is 1. The Kier molecular flexibility index (Phi) is 6.89. The highest BCUT2D eigenvalue weighted by atomic mass is 32.2. The van der Waals surface area contributed by atoms with Crippen LogP contribution in [-0.4, -0.2) is 34.8 Å². The Morgan fingerprint density at radius 3 is 2.44 bits per heavy atom. The molecular formula is C9H16F3N3O2S. The third kappa shape index (κ3) is 6.58. The molecule has 0 aliphatic rings. The number of halogens is 3. The van der Waals surface area contributed by atoms with Crippen LogP contribution in [-0.2, 0) is 4.79 Å². The number of amides is 1. The third-order valence-corrected chi connectivity index (χ3v) is 2.79. The zero-order chi connectivity index (χ0) is 14.3. The van der Waals surface area contributed by atoms with E-state index in [1.54, 1.807) is 13.8 Å². The summed E-state index contributed by atoms with van der Waals surface area (Å²) in [5.41, 5.74) is 1.03. The Hall–Kier alpha value is -1.12. The van der Waals surface area contributed by atoms with Crippen molar-refractivity contribution in [3.05, 3.63) is 0 Å². The number of thioether (sulfide) groups is 1. The molecule has 0 aliphatic heterocycles. The predicted octanol–water partition coefficient (Wildman–Crippen LogP) is 1.37. The fourth-order valence-electron chi connectivity index (χ4n) is 1.29. The zero-order valence-electron chi connectivity index (χ0n) is 9.99. The molecule has 18 heavy (non-hydrogen) atoms. The first-order valence-corrected chi connectivity index (χ1v) is 6.13. The molecule has 0 spiro atoms. The van der Waals surface area contributed by atoms with Crippen LogP contribution in [0.15, 0.2) is 5.16 Å². The van der Waals surface area contributed by atoms with Crippen molar-refractivity contribution in [2.45, 2.75) is 19.4 Å². The molecule has 1 unspecified atom stereocenters. The molecule has 0 saturated heterocycles. The van der Waals surface area contributed by atoms with Crippen LogP contribution in [0.4, 0.5) is 13.2 Å². The third-order valence-electron chi connectivity index (χ3n) is 2.05. The first-order valence-electron chi connectivity index (χ1n) is 5.15. The highest BCUT2D eigenvalue weighted by Crippen LogP contribution is 2.29. The summed E-state index contributed by atoms with van der Waals surface area (Å²) < 4.78 is 35.5. The molecule has 0 heterocycles. The van der Waals surface area contributed by atoms with Crippen LogP contribution in [0, 0.1) is 11.8 Å². The molecule has 4 N–H and O–H groups in total. The van der Waals surface area contributed by atoms with Crippen molar-refractivity contribution < 1.29 is 23.2 Å². The molecule has 0 aliphatic carbocycles. The zero-order valence-corrected chi connectivity index (χ0v) is 10.8. The first kappa shape index (κ1) is 16.9. The summed E-state index contributed by atoms with van der Waals surface area (Å²) in [5.74, 6) is -2.17. The maximum absolute atomic E-state index is 11.8. The predicted molar refractivity (Wildman–Crippen MR) is 63.3 cm³/mol. The molecule has 1 amide bonds. The van der Waals surface area contributed by atoms with Gasteiger partial charge < -0.3 is 16.3 Å². The lowest BCUT2D eigenvalue weighted by Gasteiger charge is -2.18. The monoisotopic (exact) mass is 287 g/mol. The van der Waals surface area contributed by atoms with Gasteiger partial charge in [0.2, 0.25) is 5.91 Å². The van der Waals surface area contributed by atoms with E-state index in [0.29, 0.717) is 0 Å². The smallest absolute Gasteiger partial charge is 0.409 e. The highest BCUT2D eigenvalue weighted by Gasteiger charge is 2.29. The van der Waals surface area contributed by atoms with Crippen molar-refractivity contribution in [3.63, 3.8) is 0 Å². The first-order chi connectivity index (χ1) is 8.19. The van der Waals surface area contributed by atoms with Gasteiger partial charge in [-0.15, -0.1) is 0 Å².